The fraction of sp³-hybridized carbons (Fsp3) is 0.143. The Balaban J connectivity index is 0.989. The van der Waals surface area contributed by atoms with Crippen LogP contribution >= 0.6 is 0 Å². The van der Waals surface area contributed by atoms with Gasteiger partial charge in [-0.25, -0.2) is 0 Å². The van der Waals surface area contributed by atoms with Crippen molar-refractivity contribution in [3.8, 4) is 44.5 Å². The van der Waals surface area contributed by atoms with Crippen LogP contribution in [0.5, 0.6) is 0 Å². The molecule has 0 aromatic heterocycles. The Morgan fingerprint density at radius 2 is 1.09 bits per heavy atom. The van der Waals surface area contributed by atoms with Crippen molar-refractivity contribution in [1.82, 2.24) is 0 Å². The van der Waals surface area contributed by atoms with Gasteiger partial charge in [-0.05, 0) is 148 Å². The molecule has 1 saturated carbocycles. The third kappa shape index (κ3) is 6.39. The Kier molecular flexibility index (Phi) is 9.06. The highest BCUT2D eigenvalue weighted by molar-refractivity contribution is 5.90. The molecule has 0 radical (unpaired) electrons. The molecule has 0 amide bonds. The van der Waals surface area contributed by atoms with Gasteiger partial charge in [0, 0.05) is 28.0 Å². The molecule has 2 nitrogen and oxygen atoms in total. The molecule has 1 aliphatic carbocycles. The summed E-state index contributed by atoms with van der Waals surface area (Å²) in [7, 11) is 0. The van der Waals surface area contributed by atoms with Crippen LogP contribution < -0.4 is 10.2 Å². The molecule has 0 atom stereocenters. The third-order valence-electron chi connectivity index (χ3n) is 12.7. The summed E-state index contributed by atoms with van der Waals surface area (Å²) in [5, 5.41) is 3.80. The van der Waals surface area contributed by atoms with Crippen LogP contribution in [0.3, 0.4) is 0 Å². The normalized spacial score (nSPS) is 14.3. The summed E-state index contributed by atoms with van der Waals surface area (Å²) in [4.78, 5) is 2.42. The summed E-state index contributed by atoms with van der Waals surface area (Å²) in [6.07, 6.45) is 3.91. The molecular weight excluding hydrogens is 701 g/mol. The van der Waals surface area contributed by atoms with Gasteiger partial charge in [-0.1, -0.05) is 148 Å². The number of rotatable bonds is 8. The maximum absolute atomic E-state index is 3.80. The van der Waals surface area contributed by atoms with Crippen molar-refractivity contribution in [3.63, 3.8) is 0 Å². The Morgan fingerprint density at radius 1 is 0.483 bits per heavy atom. The molecule has 8 aromatic rings. The summed E-state index contributed by atoms with van der Waals surface area (Å²) in [6.45, 7) is 6.95. The van der Waals surface area contributed by atoms with Gasteiger partial charge in [0.2, 0.25) is 0 Å². The standard InChI is InChI=1S/C56H48N2/c1-38-15-10-11-22-47(38)50-36-42(27-32-48(50)40-18-14-19-40)39-25-30-45(31-26-39)57-53-33-28-43(35-49(53)41-16-6-4-7-17-41)44-29-34-55-52(37-44)56(2,3)51-23-12-13-24-54(51)58(55)46-20-8-5-9-21-46/h4-13,15-17,20-37,40,57H,14,18-19H2,1-3H3. The van der Waals surface area contributed by atoms with Crippen molar-refractivity contribution in [2.24, 2.45) is 0 Å². The molecule has 58 heavy (non-hydrogen) atoms. The van der Waals surface area contributed by atoms with Gasteiger partial charge in [-0.2, -0.15) is 0 Å². The number of hydrogen-bond donors (Lipinski definition) is 1. The number of benzene rings is 8. The summed E-state index contributed by atoms with van der Waals surface area (Å²) in [6, 6.07) is 69.1. The minimum atomic E-state index is -0.177. The quantitative estimate of drug-likeness (QED) is 0.166. The van der Waals surface area contributed by atoms with E-state index in [-0.39, 0.29) is 5.41 Å². The van der Waals surface area contributed by atoms with Crippen LogP contribution in [0.1, 0.15) is 61.3 Å². The Labute approximate surface area is 343 Å². The van der Waals surface area contributed by atoms with Gasteiger partial charge in [-0.3, -0.25) is 0 Å². The maximum Gasteiger partial charge on any atom is 0.0503 e. The van der Waals surface area contributed by atoms with Gasteiger partial charge < -0.3 is 10.2 Å². The van der Waals surface area contributed by atoms with E-state index in [4.69, 9.17) is 0 Å². The van der Waals surface area contributed by atoms with Crippen molar-refractivity contribution in [3.05, 3.63) is 210 Å². The smallest absolute Gasteiger partial charge is 0.0503 e. The van der Waals surface area contributed by atoms with Gasteiger partial charge >= 0.3 is 0 Å². The van der Waals surface area contributed by atoms with E-state index in [0.29, 0.717) is 5.92 Å². The highest BCUT2D eigenvalue weighted by atomic mass is 15.2. The van der Waals surface area contributed by atoms with E-state index in [2.05, 4.69) is 219 Å². The fourth-order valence-corrected chi connectivity index (χ4v) is 9.25. The van der Waals surface area contributed by atoms with Gasteiger partial charge in [-0.15, -0.1) is 0 Å². The summed E-state index contributed by atoms with van der Waals surface area (Å²) >= 11 is 0. The maximum atomic E-state index is 3.80. The zero-order chi connectivity index (χ0) is 39.2. The van der Waals surface area contributed by atoms with Crippen LogP contribution in [-0.2, 0) is 5.41 Å². The predicted octanol–water partition coefficient (Wildman–Crippen LogP) is 15.8. The average Bonchev–Trinajstić information content (AvgIpc) is 3.25. The lowest BCUT2D eigenvalue weighted by atomic mass is 9.73. The molecule has 2 aliphatic rings. The average molecular weight is 749 g/mol. The number of anilines is 5. The van der Waals surface area contributed by atoms with E-state index < -0.39 is 0 Å². The zero-order valence-corrected chi connectivity index (χ0v) is 33.5. The van der Waals surface area contributed by atoms with Gasteiger partial charge in [0.15, 0.2) is 0 Å². The number of nitrogens with one attached hydrogen (secondary N) is 1. The second kappa shape index (κ2) is 14.7. The highest BCUT2D eigenvalue weighted by Gasteiger charge is 2.37. The molecular formula is C56H48N2. The van der Waals surface area contributed by atoms with E-state index in [9.17, 15) is 0 Å². The first-order valence-corrected chi connectivity index (χ1v) is 20.8. The first-order valence-electron chi connectivity index (χ1n) is 20.8. The second-order valence-electron chi connectivity index (χ2n) is 16.6. The van der Waals surface area contributed by atoms with Crippen LogP contribution in [-0.4, -0.2) is 0 Å². The molecule has 0 unspecified atom stereocenters. The van der Waals surface area contributed by atoms with Crippen LogP contribution in [0, 0.1) is 6.92 Å². The molecule has 1 fully saturated rings. The number of hydrogen-bond acceptors (Lipinski definition) is 2. The van der Waals surface area contributed by atoms with E-state index in [1.54, 1.807) is 0 Å². The van der Waals surface area contributed by atoms with E-state index in [1.165, 1.54) is 103 Å². The van der Waals surface area contributed by atoms with Crippen molar-refractivity contribution in [2.45, 2.75) is 51.4 Å². The SMILES string of the molecule is Cc1ccccc1-c1cc(-c2ccc(Nc3ccc(-c4ccc5c(c4)C(C)(C)c4ccccc4N5c4ccccc4)cc3-c3ccccc3)cc2)ccc1C1CCC1. The predicted molar refractivity (Wildman–Crippen MR) is 246 cm³/mol. The van der Waals surface area contributed by atoms with Crippen molar-refractivity contribution in [1.29, 1.82) is 0 Å². The molecule has 2 heteroatoms. The molecule has 0 saturated heterocycles. The van der Waals surface area contributed by atoms with Gasteiger partial charge in [0.25, 0.3) is 0 Å². The summed E-state index contributed by atoms with van der Waals surface area (Å²) in [5.74, 6) is 0.669. The highest BCUT2D eigenvalue weighted by Crippen LogP contribution is 2.53. The molecule has 1 aliphatic heterocycles. The largest absolute Gasteiger partial charge is 0.355 e. The van der Waals surface area contributed by atoms with E-state index in [0.717, 1.165) is 11.4 Å². The molecule has 10 rings (SSSR count). The van der Waals surface area contributed by atoms with Gasteiger partial charge in [0.05, 0.1) is 11.4 Å². The Hall–Kier alpha value is -6.64. The van der Waals surface area contributed by atoms with Crippen LogP contribution in [0.25, 0.3) is 44.5 Å². The minimum Gasteiger partial charge on any atom is -0.355 e. The molecule has 282 valence electrons. The van der Waals surface area contributed by atoms with Crippen molar-refractivity contribution in [2.75, 3.05) is 10.2 Å². The molecule has 0 bridgehead atoms. The lowest BCUT2D eigenvalue weighted by Gasteiger charge is -2.42. The van der Waals surface area contributed by atoms with Crippen molar-refractivity contribution >= 4 is 28.4 Å². The topological polar surface area (TPSA) is 15.3 Å². The fourth-order valence-electron chi connectivity index (χ4n) is 9.25. The Morgan fingerprint density at radius 3 is 1.84 bits per heavy atom. The molecule has 0 spiro atoms. The van der Waals surface area contributed by atoms with E-state index >= 15 is 0 Å². The number of fused-ring (bicyclic) bond motifs is 2. The molecule has 1 heterocycles. The minimum absolute atomic E-state index is 0.177. The lowest BCUT2D eigenvalue weighted by molar-refractivity contribution is 0.420. The summed E-state index contributed by atoms with van der Waals surface area (Å²) in [5.41, 5.74) is 21.0. The molecule has 8 aromatic carbocycles. The van der Waals surface area contributed by atoms with Crippen molar-refractivity contribution < 1.29 is 0 Å². The van der Waals surface area contributed by atoms with Crippen LogP contribution in [0.15, 0.2) is 188 Å². The zero-order valence-electron chi connectivity index (χ0n) is 33.5. The number of aryl methyl sites for hydroxylation is 1. The van der Waals surface area contributed by atoms with Gasteiger partial charge in [0.1, 0.15) is 0 Å². The van der Waals surface area contributed by atoms with Crippen LogP contribution in [0.4, 0.5) is 28.4 Å². The third-order valence-corrected chi connectivity index (χ3v) is 12.7. The Bertz CT molecular complexity index is 2760. The molecule has 1 N–H and O–H groups in total. The number of para-hydroxylation sites is 2. The van der Waals surface area contributed by atoms with E-state index in [1.807, 2.05) is 0 Å². The lowest BCUT2D eigenvalue weighted by Crippen LogP contribution is -2.30. The first-order chi connectivity index (χ1) is 28.4. The summed E-state index contributed by atoms with van der Waals surface area (Å²) < 4.78 is 0. The number of nitrogens with zero attached hydrogens (tertiary/aromatic N) is 1. The second-order valence-corrected chi connectivity index (χ2v) is 16.6. The monoisotopic (exact) mass is 748 g/mol. The van der Waals surface area contributed by atoms with Crippen LogP contribution in [0.2, 0.25) is 0 Å². The first kappa shape index (κ1) is 35.8.